The number of benzene rings is 2. The van der Waals surface area contributed by atoms with Crippen molar-refractivity contribution in [3.63, 3.8) is 0 Å². The number of non-ortho nitro benzene ring substituents is 1. The summed E-state index contributed by atoms with van der Waals surface area (Å²) in [5.41, 5.74) is 3.75. The molecule has 1 heterocycles. The molecule has 0 spiro atoms. The number of thiocarbonyl (C=S) groups is 1. The molecule has 2 aromatic carbocycles. The Hall–Kier alpha value is -3.58. The number of hydrogen-bond acceptors (Lipinski definition) is 4. The van der Waals surface area contributed by atoms with Crippen LogP contribution in [0.3, 0.4) is 0 Å². The van der Waals surface area contributed by atoms with Crippen LogP contribution >= 0.6 is 12.2 Å². The lowest BCUT2D eigenvalue weighted by Gasteiger charge is -2.12. The van der Waals surface area contributed by atoms with Gasteiger partial charge in [-0.05, 0) is 37.6 Å². The molecule has 0 aliphatic carbocycles. The fourth-order valence-electron chi connectivity index (χ4n) is 2.91. The van der Waals surface area contributed by atoms with E-state index in [0.29, 0.717) is 16.2 Å². The number of aliphatic hydroxyl groups excluding tert-OH is 1. The molecule has 0 aliphatic heterocycles. The summed E-state index contributed by atoms with van der Waals surface area (Å²) >= 11 is 5.62. The van der Waals surface area contributed by atoms with Crippen LogP contribution in [0.4, 0.5) is 11.4 Å². The van der Waals surface area contributed by atoms with E-state index in [2.05, 4.69) is 5.32 Å². The average Bonchev–Trinajstić information content (AvgIpc) is 2.71. The van der Waals surface area contributed by atoms with Crippen molar-refractivity contribution in [2.75, 3.05) is 5.32 Å². The van der Waals surface area contributed by atoms with Crippen molar-refractivity contribution in [2.45, 2.75) is 13.8 Å². The molecule has 146 valence electrons. The van der Waals surface area contributed by atoms with Gasteiger partial charge in [-0.1, -0.05) is 36.0 Å². The first-order valence-corrected chi connectivity index (χ1v) is 9.31. The summed E-state index contributed by atoms with van der Waals surface area (Å²) in [6.45, 7) is 3.99. The maximum atomic E-state index is 11.0. The Labute approximate surface area is 173 Å². The van der Waals surface area contributed by atoms with E-state index >= 15 is 0 Å². The van der Waals surface area contributed by atoms with Gasteiger partial charge in [-0.2, -0.15) is 4.57 Å². The molecule has 0 fully saturated rings. The number of nitrogens with zero attached hydrogens (tertiary/aromatic N) is 2. The van der Waals surface area contributed by atoms with E-state index in [-0.39, 0.29) is 11.4 Å². The van der Waals surface area contributed by atoms with Crippen molar-refractivity contribution in [1.82, 2.24) is 0 Å². The fraction of sp³-hybridized carbons (Fsp3) is 0.0909. The molecule has 0 saturated heterocycles. The van der Waals surface area contributed by atoms with Crippen LogP contribution in [0.25, 0.3) is 11.5 Å². The van der Waals surface area contributed by atoms with Crippen LogP contribution in [0.1, 0.15) is 16.7 Å². The number of anilines is 1. The minimum absolute atomic E-state index is 0.0496. The van der Waals surface area contributed by atoms with Gasteiger partial charge in [-0.15, -0.1) is 0 Å². The van der Waals surface area contributed by atoms with Crippen LogP contribution in [-0.4, -0.2) is 15.0 Å². The summed E-state index contributed by atoms with van der Waals surface area (Å²) in [6, 6.07) is 17.1. The highest BCUT2D eigenvalue weighted by Crippen LogP contribution is 2.23. The van der Waals surface area contributed by atoms with Crippen molar-refractivity contribution >= 4 is 40.0 Å². The Morgan fingerprint density at radius 3 is 2.31 bits per heavy atom. The monoisotopic (exact) mass is 406 g/mol. The van der Waals surface area contributed by atoms with E-state index in [1.165, 1.54) is 24.3 Å². The first kappa shape index (κ1) is 20.2. The van der Waals surface area contributed by atoms with Gasteiger partial charge in [0.25, 0.3) is 11.4 Å². The van der Waals surface area contributed by atoms with E-state index in [9.17, 15) is 15.2 Å². The average molecular weight is 406 g/mol. The second-order valence-electron chi connectivity index (χ2n) is 6.56. The SMILES string of the molecule is Cc1ccc(NC(=S)/C(=C(\O)c2ccc([N+](=O)[O-])cc2)[n+]2ccccc2)c(C)c1. The van der Waals surface area contributed by atoms with E-state index in [1.54, 1.807) is 17.0 Å². The molecule has 0 atom stereocenters. The van der Waals surface area contributed by atoms with Crippen LogP contribution < -0.4 is 9.88 Å². The summed E-state index contributed by atoms with van der Waals surface area (Å²) in [7, 11) is 0. The van der Waals surface area contributed by atoms with Crippen LogP contribution in [-0.2, 0) is 0 Å². The molecule has 0 radical (unpaired) electrons. The number of aliphatic hydroxyl groups is 1. The molecule has 3 aromatic rings. The summed E-state index contributed by atoms with van der Waals surface area (Å²) in [5, 5.41) is 25.1. The molecule has 0 amide bonds. The molecule has 6 nitrogen and oxygen atoms in total. The van der Waals surface area contributed by atoms with Crippen LogP contribution in [0.2, 0.25) is 0 Å². The minimum Gasteiger partial charge on any atom is -0.502 e. The zero-order chi connectivity index (χ0) is 21.0. The molecule has 2 N–H and O–H groups in total. The van der Waals surface area contributed by atoms with Gasteiger partial charge in [0.05, 0.1) is 4.92 Å². The smallest absolute Gasteiger partial charge is 0.288 e. The lowest BCUT2D eigenvalue weighted by atomic mass is 10.1. The molecule has 7 heteroatoms. The lowest BCUT2D eigenvalue weighted by molar-refractivity contribution is -0.575. The third-order valence-electron chi connectivity index (χ3n) is 4.39. The number of nitro groups is 1. The third kappa shape index (κ3) is 4.64. The first-order valence-electron chi connectivity index (χ1n) is 8.90. The van der Waals surface area contributed by atoms with E-state index < -0.39 is 4.92 Å². The second-order valence-corrected chi connectivity index (χ2v) is 6.96. The van der Waals surface area contributed by atoms with Gasteiger partial charge >= 0.3 is 0 Å². The van der Waals surface area contributed by atoms with E-state index in [4.69, 9.17) is 12.2 Å². The largest absolute Gasteiger partial charge is 0.502 e. The van der Waals surface area contributed by atoms with Gasteiger partial charge in [0.2, 0.25) is 0 Å². The zero-order valence-electron chi connectivity index (χ0n) is 16.0. The topological polar surface area (TPSA) is 79.3 Å². The van der Waals surface area contributed by atoms with Crippen molar-refractivity contribution < 1.29 is 14.6 Å². The van der Waals surface area contributed by atoms with Crippen molar-refractivity contribution in [3.05, 3.63) is 99.9 Å². The van der Waals surface area contributed by atoms with E-state index in [1.807, 2.05) is 50.2 Å². The Morgan fingerprint density at radius 2 is 1.72 bits per heavy atom. The molecule has 29 heavy (non-hydrogen) atoms. The van der Waals surface area contributed by atoms with Gasteiger partial charge in [-0.25, -0.2) is 0 Å². The maximum absolute atomic E-state index is 11.0. The molecule has 1 aromatic heterocycles. The molecule has 0 saturated carbocycles. The van der Waals surface area contributed by atoms with Gasteiger partial charge in [0.15, 0.2) is 23.1 Å². The number of aryl methyl sites for hydroxylation is 2. The second kappa shape index (κ2) is 8.62. The Morgan fingerprint density at radius 1 is 1.07 bits per heavy atom. The molecular weight excluding hydrogens is 386 g/mol. The quantitative estimate of drug-likeness (QED) is 0.159. The summed E-state index contributed by atoms with van der Waals surface area (Å²) in [6.07, 6.45) is 3.54. The summed E-state index contributed by atoms with van der Waals surface area (Å²) in [5.74, 6) is -0.0848. The Balaban J connectivity index is 2.05. The molecular formula is C22H20N3O3S+. The highest BCUT2D eigenvalue weighted by molar-refractivity contribution is 7.81. The van der Waals surface area contributed by atoms with Crippen molar-refractivity contribution in [3.8, 4) is 0 Å². The predicted octanol–water partition coefficient (Wildman–Crippen LogP) is 4.82. The highest BCUT2D eigenvalue weighted by Gasteiger charge is 2.24. The van der Waals surface area contributed by atoms with Gasteiger partial charge in [-0.3, -0.25) is 10.1 Å². The van der Waals surface area contributed by atoms with Crippen molar-refractivity contribution in [2.24, 2.45) is 0 Å². The van der Waals surface area contributed by atoms with Crippen LogP contribution in [0, 0.1) is 24.0 Å². The number of nitrogens with one attached hydrogen (secondary N) is 1. The minimum atomic E-state index is -0.482. The van der Waals surface area contributed by atoms with E-state index in [0.717, 1.165) is 16.8 Å². The first-order chi connectivity index (χ1) is 13.9. The number of aromatic nitrogens is 1. The predicted molar refractivity (Wildman–Crippen MR) is 118 cm³/mol. The lowest BCUT2D eigenvalue weighted by Crippen LogP contribution is -2.38. The standard InChI is InChI=1S/C22H19N3O3S/c1-15-6-11-19(16(2)14-15)23-22(29)20(24-12-4-3-5-13-24)21(26)17-7-9-18(10-8-17)25(27)28/h3-14H,1-2H3,(H-,23,26,29)/p+1. The molecule has 0 aliphatic rings. The van der Waals surface area contributed by atoms with Crippen LogP contribution in [0.15, 0.2) is 73.1 Å². The van der Waals surface area contributed by atoms with Gasteiger partial charge in [0.1, 0.15) is 0 Å². The highest BCUT2D eigenvalue weighted by atomic mass is 32.1. The molecule has 3 rings (SSSR count). The Bertz CT molecular complexity index is 1090. The van der Waals surface area contributed by atoms with Crippen molar-refractivity contribution in [1.29, 1.82) is 0 Å². The number of rotatable bonds is 5. The summed E-state index contributed by atoms with van der Waals surface area (Å²) < 4.78 is 1.70. The zero-order valence-corrected chi connectivity index (χ0v) is 16.8. The summed E-state index contributed by atoms with van der Waals surface area (Å²) in [4.78, 5) is 10.7. The molecule has 0 unspecified atom stereocenters. The Kier molecular flexibility index (Phi) is 5.99. The number of hydrogen-bond donors (Lipinski definition) is 2. The molecule has 0 bridgehead atoms. The number of pyridine rings is 1. The number of nitro benzene ring substituents is 1. The maximum Gasteiger partial charge on any atom is 0.288 e. The fourth-order valence-corrected chi connectivity index (χ4v) is 3.22. The van der Waals surface area contributed by atoms with Crippen LogP contribution in [0.5, 0.6) is 0 Å². The normalized spacial score (nSPS) is 11.5. The van der Waals surface area contributed by atoms with Gasteiger partial charge < -0.3 is 10.4 Å². The van der Waals surface area contributed by atoms with Gasteiger partial charge in [0, 0.05) is 35.5 Å². The third-order valence-corrected chi connectivity index (χ3v) is 4.69.